The van der Waals surface area contributed by atoms with Crippen LogP contribution in [0.4, 0.5) is 0 Å². The number of alkyl halides is 2. The second-order valence-corrected chi connectivity index (χ2v) is 5.88. The number of nitrogens with zero attached hydrogens (tertiary/aromatic N) is 1. The van der Waals surface area contributed by atoms with Crippen LogP contribution in [0.15, 0.2) is 0 Å². The maximum Gasteiger partial charge on any atom is 0.343 e. The van der Waals surface area contributed by atoms with Gasteiger partial charge >= 0.3 is 7.67 Å². The first-order valence-electron chi connectivity index (χ1n) is 4.60. The van der Waals surface area contributed by atoms with Crippen LogP contribution in [0.25, 0.3) is 0 Å². The van der Waals surface area contributed by atoms with E-state index in [0.29, 0.717) is 31.5 Å². The van der Waals surface area contributed by atoms with E-state index in [2.05, 4.69) is 5.09 Å². The minimum Gasteiger partial charge on any atom is -0.412 e. The zero-order valence-corrected chi connectivity index (χ0v) is 10.8. The van der Waals surface area contributed by atoms with Gasteiger partial charge in [-0.15, -0.1) is 23.2 Å². The van der Waals surface area contributed by atoms with Crippen LogP contribution in [0.3, 0.4) is 0 Å². The molecule has 1 saturated heterocycles. The smallest absolute Gasteiger partial charge is 0.343 e. The number of nitrogens with one attached hydrogen (secondary N) is 1. The van der Waals surface area contributed by atoms with Crippen LogP contribution in [0, 0.1) is 0 Å². The molecule has 0 aromatic carbocycles. The lowest BCUT2D eigenvalue weighted by molar-refractivity contribution is 0.233. The molecule has 0 radical (unpaired) electrons. The molecule has 1 aliphatic heterocycles. The molecule has 1 heterocycles. The molecule has 8 heteroatoms. The maximum absolute atomic E-state index is 12.2. The third-order valence-corrected chi connectivity index (χ3v) is 4.60. The van der Waals surface area contributed by atoms with E-state index in [0.717, 1.165) is 13.0 Å². The average molecular weight is 279 g/mol. The molecular formula is C7H17Cl2N2O3P. The highest BCUT2D eigenvalue weighted by molar-refractivity contribution is 7.54. The van der Waals surface area contributed by atoms with E-state index in [1.807, 2.05) is 0 Å². The van der Waals surface area contributed by atoms with Crippen molar-refractivity contribution in [2.24, 2.45) is 0 Å². The van der Waals surface area contributed by atoms with Gasteiger partial charge in [-0.05, 0) is 6.42 Å². The van der Waals surface area contributed by atoms with Gasteiger partial charge < -0.3 is 10.00 Å². The van der Waals surface area contributed by atoms with Crippen LogP contribution in [0.2, 0.25) is 0 Å². The summed E-state index contributed by atoms with van der Waals surface area (Å²) in [6.45, 7) is 2.31. The Balaban J connectivity index is 0.00000196. The van der Waals surface area contributed by atoms with Gasteiger partial charge in [0.25, 0.3) is 0 Å². The SMILES string of the molecule is O.O=P1(N(CCCl)CCCl)NCCCO1. The van der Waals surface area contributed by atoms with Crippen molar-refractivity contribution in [2.45, 2.75) is 6.42 Å². The molecule has 1 aliphatic rings. The molecule has 0 bridgehead atoms. The quantitative estimate of drug-likeness (QED) is 0.603. The molecule has 1 unspecified atom stereocenters. The Bertz CT molecular complexity index is 204. The van der Waals surface area contributed by atoms with Crippen LogP contribution < -0.4 is 5.09 Å². The second-order valence-electron chi connectivity index (χ2n) is 2.95. The summed E-state index contributed by atoms with van der Waals surface area (Å²) < 4.78 is 19.2. The predicted octanol–water partition coefficient (Wildman–Crippen LogP) is 1.06. The summed E-state index contributed by atoms with van der Waals surface area (Å²) in [4.78, 5) is 0. The van der Waals surface area contributed by atoms with Crippen molar-refractivity contribution in [1.29, 1.82) is 0 Å². The summed E-state index contributed by atoms with van der Waals surface area (Å²) >= 11 is 11.2. The summed E-state index contributed by atoms with van der Waals surface area (Å²) in [7, 11) is -2.84. The maximum atomic E-state index is 12.2. The Morgan fingerprint density at radius 3 is 2.33 bits per heavy atom. The molecule has 0 aliphatic carbocycles. The van der Waals surface area contributed by atoms with Gasteiger partial charge in [-0.2, -0.15) is 0 Å². The van der Waals surface area contributed by atoms with Crippen molar-refractivity contribution >= 4 is 30.9 Å². The van der Waals surface area contributed by atoms with Crippen LogP contribution >= 0.6 is 30.9 Å². The lowest BCUT2D eigenvalue weighted by Gasteiger charge is -2.33. The van der Waals surface area contributed by atoms with Gasteiger partial charge in [0.15, 0.2) is 0 Å². The van der Waals surface area contributed by atoms with Crippen LogP contribution in [0.1, 0.15) is 6.42 Å². The summed E-state index contributed by atoms with van der Waals surface area (Å²) in [5.41, 5.74) is 0. The highest BCUT2D eigenvalue weighted by Crippen LogP contribution is 2.47. The molecular weight excluding hydrogens is 262 g/mol. The van der Waals surface area contributed by atoms with Crippen LogP contribution in [0.5, 0.6) is 0 Å². The lowest BCUT2D eigenvalue weighted by Crippen LogP contribution is -2.35. The normalized spacial score (nSPS) is 26.3. The fraction of sp³-hybridized carbons (Fsp3) is 1.00. The van der Waals surface area contributed by atoms with Crippen molar-refractivity contribution < 1.29 is 14.6 Å². The van der Waals surface area contributed by atoms with E-state index in [9.17, 15) is 4.57 Å². The average Bonchev–Trinajstić information content (AvgIpc) is 2.19. The van der Waals surface area contributed by atoms with E-state index in [-0.39, 0.29) is 5.48 Å². The molecule has 0 aromatic rings. The van der Waals surface area contributed by atoms with Crippen molar-refractivity contribution in [3.8, 4) is 0 Å². The Morgan fingerprint density at radius 2 is 1.93 bits per heavy atom. The van der Waals surface area contributed by atoms with Gasteiger partial charge in [0, 0.05) is 31.4 Å². The molecule has 15 heavy (non-hydrogen) atoms. The van der Waals surface area contributed by atoms with Gasteiger partial charge in [-0.1, -0.05) is 0 Å². The summed E-state index contributed by atoms with van der Waals surface area (Å²) in [6.07, 6.45) is 0.888. The highest BCUT2D eigenvalue weighted by Gasteiger charge is 2.32. The fourth-order valence-electron chi connectivity index (χ4n) is 1.28. The zero-order chi connectivity index (χ0) is 10.4. The predicted molar refractivity (Wildman–Crippen MR) is 62.8 cm³/mol. The zero-order valence-electron chi connectivity index (χ0n) is 8.42. The molecule has 0 saturated carbocycles. The second kappa shape index (κ2) is 7.85. The van der Waals surface area contributed by atoms with Crippen molar-refractivity contribution in [3.05, 3.63) is 0 Å². The molecule has 0 spiro atoms. The number of hydrogen-bond acceptors (Lipinski definition) is 2. The highest BCUT2D eigenvalue weighted by atomic mass is 35.5. The van der Waals surface area contributed by atoms with E-state index >= 15 is 0 Å². The molecule has 3 N–H and O–H groups in total. The third kappa shape index (κ3) is 4.57. The fourth-order valence-corrected chi connectivity index (χ4v) is 3.92. The van der Waals surface area contributed by atoms with Gasteiger partial charge in [0.1, 0.15) is 0 Å². The van der Waals surface area contributed by atoms with Gasteiger partial charge in [0.2, 0.25) is 0 Å². The minimum absolute atomic E-state index is 0. The van der Waals surface area contributed by atoms with Crippen molar-refractivity contribution in [2.75, 3.05) is 38.0 Å². The number of rotatable bonds is 5. The number of halogens is 2. The Morgan fingerprint density at radius 1 is 1.33 bits per heavy atom. The van der Waals surface area contributed by atoms with E-state index in [1.54, 1.807) is 4.67 Å². The number of hydrogen-bond donors (Lipinski definition) is 1. The van der Waals surface area contributed by atoms with Crippen molar-refractivity contribution in [1.82, 2.24) is 9.76 Å². The lowest BCUT2D eigenvalue weighted by atomic mass is 10.5. The molecule has 0 amide bonds. The summed E-state index contributed by atoms with van der Waals surface area (Å²) in [6, 6.07) is 0. The summed E-state index contributed by atoms with van der Waals surface area (Å²) in [5, 5.41) is 2.91. The van der Waals surface area contributed by atoms with Crippen molar-refractivity contribution in [3.63, 3.8) is 0 Å². The Labute approximate surface area is 99.9 Å². The van der Waals surface area contributed by atoms with Crippen LogP contribution in [-0.4, -0.2) is 48.1 Å². The first-order chi connectivity index (χ1) is 6.73. The largest absolute Gasteiger partial charge is 0.412 e. The van der Waals surface area contributed by atoms with Gasteiger partial charge in [0.05, 0.1) is 6.61 Å². The standard InChI is InChI=1S/C7H15Cl2N2O2P.H2O/c8-2-5-11(6-3-9)14(12)10-4-1-7-13-14;/h1-7H2,(H,10,12);1H2. The van der Waals surface area contributed by atoms with E-state index in [1.165, 1.54) is 0 Å². The summed E-state index contributed by atoms with van der Waals surface area (Å²) in [5.74, 6) is 0.845. The van der Waals surface area contributed by atoms with Crippen LogP contribution in [-0.2, 0) is 9.09 Å². The first kappa shape index (κ1) is 15.7. The molecule has 5 nitrogen and oxygen atoms in total. The van der Waals surface area contributed by atoms with E-state index in [4.69, 9.17) is 27.7 Å². The molecule has 1 rings (SSSR count). The van der Waals surface area contributed by atoms with Gasteiger partial charge in [-0.25, -0.2) is 9.76 Å². The Kier molecular flexibility index (Phi) is 8.19. The minimum atomic E-state index is -2.84. The molecule has 1 atom stereocenters. The Hall–Kier alpha value is 0.650. The first-order valence-corrected chi connectivity index (χ1v) is 7.24. The molecule has 1 fully saturated rings. The van der Waals surface area contributed by atoms with E-state index < -0.39 is 7.67 Å². The monoisotopic (exact) mass is 278 g/mol. The topological polar surface area (TPSA) is 73.1 Å². The third-order valence-electron chi connectivity index (χ3n) is 1.96. The molecule has 92 valence electrons. The molecule has 0 aromatic heterocycles. The van der Waals surface area contributed by atoms with Gasteiger partial charge in [-0.3, -0.25) is 4.57 Å².